The van der Waals surface area contributed by atoms with Gasteiger partial charge < -0.3 is 19.8 Å². The molecule has 1 aliphatic heterocycles. The Hall–Kier alpha value is -4.06. The zero-order chi connectivity index (χ0) is 23.3. The Morgan fingerprint density at radius 2 is 1.65 bits per heavy atom. The number of carbonyl (C=O) groups excluding carboxylic acids is 2. The van der Waals surface area contributed by atoms with Crippen molar-refractivity contribution >= 4 is 22.6 Å². The number of fused-ring (bicyclic) bond motifs is 2. The molecule has 6 heteroatoms. The van der Waals surface area contributed by atoms with Gasteiger partial charge in [0.1, 0.15) is 13.2 Å². The van der Waals surface area contributed by atoms with Gasteiger partial charge in [0.25, 0.3) is 0 Å². The van der Waals surface area contributed by atoms with Gasteiger partial charge in [0.15, 0.2) is 17.3 Å². The number of carbonyl (C=O) groups is 2. The molecule has 1 amide bonds. The molecule has 1 atom stereocenters. The SMILES string of the molecule is O=C(CCC(=O)c1ccc2c(c1)OCCO2)NCC(c1ccccc1)c1c[nH]c2ccccc12. The van der Waals surface area contributed by atoms with E-state index in [1.165, 1.54) is 0 Å². The third-order valence-electron chi connectivity index (χ3n) is 6.15. The molecule has 0 fully saturated rings. The number of aromatic nitrogens is 1. The fraction of sp³-hybridized carbons (Fsp3) is 0.214. The van der Waals surface area contributed by atoms with E-state index in [2.05, 4.69) is 28.5 Å². The first-order valence-corrected chi connectivity index (χ1v) is 11.5. The molecule has 0 spiro atoms. The predicted octanol–water partition coefficient (Wildman–Crippen LogP) is 4.85. The highest BCUT2D eigenvalue weighted by molar-refractivity contribution is 5.98. The van der Waals surface area contributed by atoms with Gasteiger partial charge in [0.05, 0.1) is 0 Å². The van der Waals surface area contributed by atoms with Crippen molar-refractivity contribution in [3.63, 3.8) is 0 Å². The Bertz CT molecular complexity index is 1310. The minimum atomic E-state index is -0.147. The van der Waals surface area contributed by atoms with E-state index in [4.69, 9.17) is 9.47 Å². The number of para-hydroxylation sites is 1. The van der Waals surface area contributed by atoms with Crippen molar-refractivity contribution in [3.05, 3.63) is 95.7 Å². The van der Waals surface area contributed by atoms with Gasteiger partial charge in [-0.3, -0.25) is 9.59 Å². The van der Waals surface area contributed by atoms with Crippen molar-refractivity contribution in [1.29, 1.82) is 0 Å². The third-order valence-corrected chi connectivity index (χ3v) is 6.15. The van der Waals surface area contributed by atoms with Crippen LogP contribution in [0.3, 0.4) is 0 Å². The molecule has 1 unspecified atom stereocenters. The number of H-pyrrole nitrogens is 1. The molecule has 0 bridgehead atoms. The van der Waals surface area contributed by atoms with Gasteiger partial charge >= 0.3 is 0 Å². The number of ketones is 1. The standard InChI is InChI=1S/C28H26N2O4/c31-25(20-10-12-26-27(16-20)34-15-14-33-26)11-13-28(32)30-17-22(19-6-2-1-3-7-19)23-18-29-24-9-5-4-8-21(23)24/h1-10,12,16,18,22,29H,11,13-15,17H2,(H,30,32). The highest BCUT2D eigenvalue weighted by Gasteiger charge is 2.20. The van der Waals surface area contributed by atoms with Crippen molar-refractivity contribution in [3.8, 4) is 11.5 Å². The quantitative estimate of drug-likeness (QED) is 0.373. The molecule has 172 valence electrons. The van der Waals surface area contributed by atoms with Crippen LogP contribution in [0.2, 0.25) is 0 Å². The minimum absolute atomic E-state index is 0.00482. The van der Waals surface area contributed by atoms with Gasteiger partial charge in [-0.25, -0.2) is 0 Å². The first-order valence-electron chi connectivity index (χ1n) is 11.5. The number of Topliss-reactive ketones (excluding diaryl/α,β-unsaturated/α-hetero) is 1. The van der Waals surface area contributed by atoms with Crippen LogP contribution in [0.25, 0.3) is 10.9 Å². The summed E-state index contributed by atoms with van der Waals surface area (Å²) in [5.41, 5.74) is 3.85. The zero-order valence-electron chi connectivity index (χ0n) is 18.8. The molecule has 3 aromatic carbocycles. The summed E-state index contributed by atoms with van der Waals surface area (Å²) in [6.45, 7) is 1.41. The van der Waals surface area contributed by atoms with E-state index in [0.29, 0.717) is 36.8 Å². The molecule has 0 saturated carbocycles. The molecule has 0 radical (unpaired) electrons. The third kappa shape index (κ3) is 4.66. The van der Waals surface area contributed by atoms with Gasteiger partial charge in [-0.2, -0.15) is 0 Å². The second-order valence-electron chi connectivity index (χ2n) is 8.34. The lowest BCUT2D eigenvalue weighted by Gasteiger charge is -2.19. The molecule has 1 aliphatic rings. The number of nitrogens with one attached hydrogen (secondary N) is 2. The molecule has 5 rings (SSSR count). The van der Waals surface area contributed by atoms with Gasteiger partial charge in [-0.15, -0.1) is 0 Å². The summed E-state index contributed by atoms with van der Waals surface area (Å²) in [5.74, 6) is 0.973. The summed E-state index contributed by atoms with van der Waals surface area (Å²) >= 11 is 0. The van der Waals surface area contributed by atoms with Crippen LogP contribution in [-0.2, 0) is 4.79 Å². The summed E-state index contributed by atoms with van der Waals surface area (Å²) in [6, 6.07) is 23.4. The van der Waals surface area contributed by atoms with E-state index < -0.39 is 0 Å². The Labute approximate surface area is 197 Å². The Morgan fingerprint density at radius 1 is 0.882 bits per heavy atom. The lowest BCUT2D eigenvalue weighted by atomic mass is 9.91. The average Bonchev–Trinajstić information content (AvgIpc) is 3.32. The number of aromatic amines is 1. The molecule has 0 aliphatic carbocycles. The van der Waals surface area contributed by atoms with Crippen LogP contribution in [0.4, 0.5) is 0 Å². The molecule has 2 N–H and O–H groups in total. The van der Waals surface area contributed by atoms with Crippen molar-refractivity contribution in [1.82, 2.24) is 10.3 Å². The van der Waals surface area contributed by atoms with Crippen molar-refractivity contribution in [2.45, 2.75) is 18.8 Å². The summed E-state index contributed by atoms with van der Waals surface area (Å²) in [4.78, 5) is 28.6. The smallest absolute Gasteiger partial charge is 0.220 e. The number of hydrogen-bond donors (Lipinski definition) is 2. The van der Waals surface area contributed by atoms with Crippen LogP contribution in [-0.4, -0.2) is 36.4 Å². The summed E-state index contributed by atoms with van der Waals surface area (Å²) < 4.78 is 11.1. The van der Waals surface area contributed by atoms with Crippen LogP contribution >= 0.6 is 0 Å². The molecular weight excluding hydrogens is 428 g/mol. The molecule has 2 heterocycles. The van der Waals surface area contributed by atoms with Gasteiger partial charge in [0.2, 0.25) is 5.91 Å². The zero-order valence-corrected chi connectivity index (χ0v) is 18.8. The summed E-state index contributed by atoms with van der Waals surface area (Å²) in [6.07, 6.45) is 2.27. The van der Waals surface area contributed by atoms with Crippen LogP contribution in [0.15, 0.2) is 79.0 Å². The summed E-state index contributed by atoms with van der Waals surface area (Å²) in [7, 11) is 0. The van der Waals surface area contributed by atoms with E-state index in [1.807, 2.05) is 42.6 Å². The van der Waals surface area contributed by atoms with Crippen LogP contribution in [0.1, 0.15) is 40.2 Å². The number of hydrogen-bond acceptors (Lipinski definition) is 4. The van der Waals surface area contributed by atoms with E-state index in [-0.39, 0.29) is 30.4 Å². The molecular formula is C28H26N2O4. The number of amides is 1. The Kier molecular flexibility index (Phi) is 6.29. The maximum absolute atomic E-state index is 12.7. The number of ether oxygens (including phenoxy) is 2. The maximum atomic E-state index is 12.7. The lowest BCUT2D eigenvalue weighted by Crippen LogP contribution is -2.29. The van der Waals surface area contributed by atoms with E-state index >= 15 is 0 Å². The van der Waals surface area contributed by atoms with Crippen LogP contribution in [0, 0.1) is 0 Å². The molecule has 34 heavy (non-hydrogen) atoms. The normalized spacial score (nSPS) is 13.4. The number of rotatable bonds is 8. The highest BCUT2D eigenvalue weighted by atomic mass is 16.6. The molecule has 0 saturated heterocycles. The van der Waals surface area contributed by atoms with Crippen molar-refractivity contribution < 1.29 is 19.1 Å². The Balaban J connectivity index is 1.24. The van der Waals surface area contributed by atoms with Gasteiger partial charge in [-0.05, 0) is 35.4 Å². The van der Waals surface area contributed by atoms with Crippen LogP contribution in [0.5, 0.6) is 11.5 Å². The molecule has 1 aromatic heterocycles. The van der Waals surface area contributed by atoms with E-state index in [0.717, 1.165) is 22.0 Å². The first-order chi connectivity index (χ1) is 16.7. The minimum Gasteiger partial charge on any atom is -0.486 e. The second-order valence-corrected chi connectivity index (χ2v) is 8.34. The topological polar surface area (TPSA) is 80.4 Å². The van der Waals surface area contributed by atoms with Crippen molar-refractivity contribution in [2.75, 3.05) is 19.8 Å². The molecule has 4 aromatic rings. The van der Waals surface area contributed by atoms with Gasteiger partial charge in [-0.1, -0.05) is 48.5 Å². The molecule has 6 nitrogen and oxygen atoms in total. The largest absolute Gasteiger partial charge is 0.486 e. The number of benzene rings is 3. The first kappa shape index (κ1) is 21.8. The van der Waals surface area contributed by atoms with E-state index in [9.17, 15) is 9.59 Å². The lowest BCUT2D eigenvalue weighted by molar-refractivity contribution is -0.121. The fourth-order valence-electron chi connectivity index (χ4n) is 4.37. The van der Waals surface area contributed by atoms with E-state index in [1.54, 1.807) is 18.2 Å². The second kappa shape index (κ2) is 9.83. The highest BCUT2D eigenvalue weighted by Crippen LogP contribution is 2.32. The predicted molar refractivity (Wildman–Crippen MR) is 131 cm³/mol. The van der Waals surface area contributed by atoms with Crippen LogP contribution < -0.4 is 14.8 Å². The van der Waals surface area contributed by atoms with Gasteiger partial charge in [0, 0.05) is 48.0 Å². The Morgan fingerprint density at radius 3 is 2.50 bits per heavy atom. The maximum Gasteiger partial charge on any atom is 0.220 e. The average molecular weight is 455 g/mol. The monoisotopic (exact) mass is 454 g/mol. The summed E-state index contributed by atoms with van der Waals surface area (Å²) in [5, 5.41) is 4.18. The fourth-order valence-corrected chi connectivity index (χ4v) is 4.37. The van der Waals surface area contributed by atoms with Crippen molar-refractivity contribution in [2.24, 2.45) is 0 Å².